The van der Waals surface area contributed by atoms with E-state index in [1.165, 1.54) is 18.2 Å². The Bertz CT molecular complexity index is 779. The van der Waals surface area contributed by atoms with Gasteiger partial charge < -0.3 is 10.6 Å². The molecule has 28 heavy (non-hydrogen) atoms. The van der Waals surface area contributed by atoms with Crippen molar-refractivity contribution in [3.8, 4) is 12.3 Å². The molecule has 5 heteroatoms. The van der Waals surface area contributed by atoms with Crippen LogP contribution in [0.5, 0.6) is 0 Å². The van der Waals surface area contributed by atoms with Crippen LogP contribution in [0.25, 0.3) is 0 Å². The molecule has 2 N–H and O–H groups in total. The summed E-state index contributed by atoms with van der Waals surface area (Å²) in [5, 5.41) is 5.66. The molecule has 0 saturated carbocycles. The quantitative estimate of drug-likeness (QED) is 0.558. The maximum absolute atomic E-state index is 13.3. The predicted octanol–water partition coefficient (Wildman–Crippen LogP) is 3.55. The van der Waals surface area contributed by atoms with Crippen molar-refractivity contribution in [3.05, 3.63) is 47.3 Å². The molecule has 0 aliphatic heterocycles. The fourth-order valence-electron chi connectivity index (χ4n) is 3.90. The van der Waals surface area contributed by atoms with Gasteiger partial charge in [0.25, 0.3) is 5.91 Å². The van der Waals surface area contributed by atoms with Gasteiger partial charge in [-0.3, -0.25) is 9.59 Å². The minimum absolute atomic E-state index is 0.0314. The minimum atomic E-state index is -0.424. The molecule has 3 unspecified atom stereocenters. The van der Waals surface area contributed by atoms with Gasteiger partial charge in [0.1, 0.15) is 5.82 Å². The number of hydrogen-bond donors (Lipinski definition) is 2. The molecular formula is C23H29FN2O2. The Labute approximate surface area is 167 Å². The van der Waals surface area contributed by atoms with E-state index in [0.717, 1.165) is 12.0 Å². The van der Waals surface area contributed by atoms with Crippen molar-refractivity contribution in [1.29, 1.82) is 0 Å². The van der Waals surface area contributed by atoms with E-state index in [0.29, 0.717) is 30.4 Å². The third-order valence-corrected chi connectivity index (χ3v) is 5.49. The number of carbonyl (C=O) groups excluding carboxylic acids is 2. The zero-order chi connectivity index (χ0) is 20.7. The molecule has 0 aromatic heterocycles. The number of halogens is 1. The summed E-state index contributed by atoms with van der Waals surface area (Å²) in [6.45, 7) is 7.10. The minimum Gasteiger partial charge on any atom is -0.351 e. The summed E-state index contributed by atoms with van der Waals surface area (Å²) in [6, 6.07) is 5.69. The molecule has 4 nitrogen and oxygen atoms in total. The van der Waals surface area contributed by atoms with Crippen LogP contribution in [-0.4, -0.2) is 24.9 Å². The largest absolute Gasteiger partial charge is 0.351 e. The zero-order valence-electron chi connectivity index (χ0n) is 16.8. The van der Waals surface area contributed by atoms with Crippen LogP contribution < -0.4 is 10.6 Å². The van der Waals surface area contributed by atoms with Gasteiger partial charge in [0.05, 0.1) is 6.54 Å². The molecule has 2 rings (SSSR count). The number of carbonyl (C=O) groups is 2. The van der Waals surface area contributed by atoms with Gasteiger partial charge in [-0.15, -0.1) is 6.42 Å². The van der Waals surface area contributed by atoms with E-state index in [1.807, 2.05) is 6.92 Å². The highest BCUT2D eigenvalue weighted by Crippen LogP contribution is 2.38. The number of hydrogen-bond acceptors (Lipinski definition) is 2. The standard InChI is InChI=1S/C23H29FN2O2/c1-5-9-25-22(27)13-18-12-21(15(2)3)19(10-16(18)4)14-26-23(28)17-7-6-8-20(24)11-17/h1,6-8,10-11,15,18-19,21H,9,12-14H2,2-4H3,(H,25,27)(H,26,28). The van der Waals surface area contributed by atoms with Crippen LogP contribution in [0.3, 0.4) is 0 Å². The van der Waals surface area contributed by atoms with E-state index in [2.05, 4.69) is 36.5 Å². The Balaban J connectivity index is 2.03. The smallest absolute Gasteiger partial charge is 0.251 e. The summed E-state index contributed by atoms with van der Waals surface area (Å²) >= 11 is 0. The average Bonchev–Trinajstić information content (AvgIpc) is 2.65. The first-order valence-electron chi connectivity index (χ1n) is 9.74. The van der Waals surface area contributed by atoms with E-state index >= 15 is 0 Å². The molecule has 0 saturated heterocycles. The second kappa shape index (κ2) is 10.1. The van der Waals surface area contributed by atoms with Crippen LogP contribution in [0.15, 0.2) is 35.9 Å². The summed E-state index contributed by atoms with van der Waals surface area (Å²) in [7, 11) is 0. The van der Waals surface area contributed by atoms with Gasteiger partial charge in [-0.2, -0.15) is 0 Å². The van der Waals surface area contributed by atoms with Crippen molar-refractivity contribution in [2.45, 2.75) is 33.6 Å². The van der Waals surface area contributed by atoms with Gasteiger partial charge in [-0.1, -0.05) is 37.5 Å². The molecule has 0 bridgehead atoms. The lowest BCUT2D eigenvalue weighted by Gasteiger charge is -2.37. The van der Waals surface area contributed by atoms with Crippen molar-refractivity contribution in [2.24, 2.45) is 23.7 Å². The number of nitrogens with one attached hydrogen (secondary N) is 2. The third-order valence-electron chi connectivity index (χ3n) is 5.49. The Hall–Kier alpha value is -2.61. The Morgan fingerprint density at radius 2 is 2.07 bits per heavy atom. The molecule has 0 radical (unpaired) electrons. The van der Waals surface area contributed by atoms with Gasteiger partial charge in [0.15, 0.2) is 0 Å². The Kier molecular flexibility index (Phi) is 7.80. The van der Waals surface area contributed by atoms with Gasteiger partial charge >= 0.3 is 0 Å². The van der Waals surface area contributed by atoms with Crippen molar-refractivity contribution in [2.75, 3.05) is 13.1 Å². The highest BCUT2D eigenvalue weighted by Gasteiger charge is 2.32. The highest BCUT2D eigenvalue weighted by atomic mass is 19.1. The third kappa shape index (κ3) is 5.95. The van der Waals surface area contributed by atoms with E-state index in [9.17, 15) is 14.0 Å². The number of terminal acetylenes is 1. The maximum atomic E-state index is 13.3. The fraction of sp³-hybridized carbons (Fsp3) is 0.478. The number of rotatable bonds is 7. The SMILES string of the molecule is C#CCNC(=O)CC1CC(C(C)C)C(CNC(=O)c2cccc(F)c2)C=C1C. The molecule has 2 amide bonds. The molecule has 1 aliphatic rings. The molecule has 150 valence electrons. The second-order valence-corrected chi connectivity index (χ2v) is 7.82. The van der Waals surface area contributed by atoms with Crippen molar-refractivity contribution >= 4 is 11.8 Å². The lowest BCUT2D eigenvalue weighted by Crippen LogP contribution is -2.37. The van der Waals surface area contributed by atoms with E-state index in [4.69, 9.17) is 6.42 Å². The summed E-state index contributed by atoms with van der Waals surface area (Å²) in [4.78, 5) is 24.4. The number of amides is 2. The van der Waals surface area contributed by atoms with Crippen LogP contribution in [0.4, 0.5) is 4.39 Å². The summed E-state index contributed by atoms with van der Waals surface area (Å²) < 4.78 is 13.3. The molecule has 0 heterocycles. The lowest BCUT2D eigenvalue weighted by atomic mass is 9.69. The normalized spacial score (nSPS) is 21.6. The lowest BCUT2D eigenvalue weighted by molar-refractivity contribution is -0.121. The molecule has 1 aromatic rings. The number of benzene rings is 1. The first-order valence-corrected chi connectivity index (χ1v) is 9.74. The van der Waals surface area contributed by atoms with Gasteiger partial charge in [0, 0.05) is 18.5 Å². The van der Waals surface area contributed by atoms with Gasteiger partial charge in [0.2, 0.25) is 5.91 Å². The first kappa shape index (κ1) is 21.7. The van der Waals surface area contributed by atoms with E-state index in [-0.39, 0.29) is 30.2 Å². The van der Waals surface area contributed by atoms with E-state index in [1.54, 1.807) is 6.07 Å². The monoisotopic (exact) mass is 384 g/mol. The van der Waals surface area contributed by atoms with Crippen LogP contribution in [0.2, 0.25) is 0 Å². The van der Waals surface area contributed by atoms with Crippen LogP contribution >= 0.6 is 0 Å². The topological polar surface area (TPSA) is 58.2 Å². The van der Waals surface area contributed by atoms with Crippen molar-refractivity contribution in [1.82, 2.24) is 10.6 Å². The van der Waals surface area contributed by atoms with Gasteiger partial charge in [-0.25, -0.2) is 4.39 Å². The van der Waals surface area contributed by atoms with Crippen LogP contribution in [-0.2, 0) is 4.79 Å². The second-order valence-electron chi connectivity index (χ2n) is 7.82. The summed E-state index contributed by atoms with van der Waals surface area (Å²) in [5.41, 5.74) is 1.48. The van der Waals surface area contributed by atoms with Crippen LogP contribution in [0, 0.1) is 41.8 Å². The summed E-state index contributed by atoms with van der Waals surface area (Å²) in [5.74, 6) is 2.81. The first-order chi connectivity index (χ1) is 13.3. The molecular weight excluding hydrogens is 355 g/mol. The van der Waals surface area contributed by atoms with Gasteiger partial charge in [-0.05, 0) is 55.2 Å². The van der Waals surface area contributed by atoms with Crippen molar-refractivity contribution in [3.63, 3.8) is 0 Å². The molecule has 0 spiro atoms. The number of allylic oxidation sites excluding steroid dienone is 1. The molecule has 1 aromatic carbocycles. The predicted molar refractivity (Wildman–Crippen MR) is 109 cm³/mol. The molecule has 1 aliphatic carbocycles. The Morgan fingerprint density at radius 1 is 1.32 bits per heavy atom. The highest BCUT2D eigenvalue weighted by molar-refractivity contribution is 5.94. The van der Waals surface area contributed by atoms with Crippen LogP contribution in [0.1, 0.15) is 44.0 Å². The zero-order valence-corrected chi connectivity index (χ0v) is 16.8. The maximum Gasteiger partial charge on any atom is 0.251 e. The van der Waals surface area contributed by atoms with Crippen molar-refractivity contribution < 1.29 is 14.0 Å². The molecule has 0 fully saturated rings. The Morgan fingerprint density at radius 3 is 2.71 bits per heavy atom. The van der Waals surface area contributed by atoms with E-state index < -0.39 is 5.82 Å². The summed E-state index contributed by atoms with van der Waals surface area (Å²) in [6.07, 6.45) is 8.69. The fourth-order valence-corrected chi connectivity index (χ4v) is 3.90. The molecule has 3 atom stereocenters. The average molecular weight is 384 g/mol.